The fourth-order valence-corrected chi connectivity index (χ4v) is 1.66. The van der Waals surface area contributed by atoms with E-state index < -0.39 is 0 Å². The van der Waals surface area contributed by atoms with Crippen LogP contribution in [0.15, 0.2) is 42.9 Å². The van der Waals surface area contributed by atoms with Crippen molar-refractivity contribution in [3.8, 4) is 11.3 Å². The van der Waals surface area contributed by atoms with E-state index in [1.165, 1.54) is 0 Å². The van der Waals surface area contributed by atoms with Gasteiger partial charge in [-0.15, -0.1) is 0 Å². The zero-order chi connectivity index (χ0) is 10.3. The molecule has 0 fully saturated rings. The van der Waals surface area contributed by atoms with Gasteiger partial charge in [0.2, 0.25) is 0 Å². The fraction of sp³-hybridized carbons (Fsp3) is 0. The smallest absolute Gasteiger partial charge is 0.0949 e. The number of nitrogens with zero attached hydrogens (tertiary/aromatic N) is 2. The molecule has 0 unspecified atom stereocenters. The minimum Gasteiger partial charge on any atom is -0.397 e. The predicted molar refractivity (Wildman–Crippen MR) is 59.4 cm³/mol. The van der Waals surface area contributed by atoms with Gasteiger partial charge in [0.05, 0.1) is 16.9 Å². The van der Waals surface area contributed by atoms with Gasteiger partial charge < -0.3 is 10.7 Å². The van der Waals surface area contributed by atoms with Crippen LogP contribution in [0.3, 0.4) is 0 Å². The summed E-state index contributed by atoms with van der Waals surface area (Å²) in [5, 5.41) is 4.43. The summed E-state index contributed by atoms with van der Waals surface area (Å²) in [6.45, 7) is 0. The Kier molecular flexibility index (Phi) is 1.56. The monoisotopic (exact) mass is 198 g/mol. The Morgan fingerprint density at radius 2 is 2.27 bits per heavy atom. The SMILES string of the molecule is Nc1cccn2nc(-c3cc[nH]c3)cc12. The Hall–Kier alpha value is -2.23. The van der Waals surface area contributed by atoms with Gasteiger partial charge in [-0.1, -0.05) is 0 Å². The minimum atomic E-state index is 0.742. The largest absolute Gasteiger partial charge is 0.397 e. The zero-order valence-corrected chi connectivity index (χ0v) is 8.01. The van der Waals surface area contributed by atoms with Crippen LogP contribution in [-0.2, 0) is 0 Å². The molecule has 4 nitrogen and oxygen atoms in total. The quantitative estimate of drug-likeness (QED) is 0.627. The Labute approximate surface area is 86.3 Å². The number of hydrogen-bond donors (Lipinski definition) is 2. The highest BCUT2D eigenvalue weighted by atomic mass is 15.2. The molecule has 74 valence electrons. The van der Waals surface area contributed by atoms with Crippen LogP contribution in [0.25, 0.3) is 16.8 Å². The molecule has 0 saturated heterocycles. The third kappa shape index (κ3) is 1.19. The summed E-state index contributed by atoms with van der Waals surface area (Å²) in [6, 6.07) is 7.73. The lowest BCUT2D eigenvalue weighted by Gasteiger charge is -1.94. The van der Waals surface area contributed by atoms with E-state index in [4.69, 9.17) is 5.73 Å². The van der Waals surface area contributed by atoms with Gasteiger partial charge in [0.15, 0.2) is 0 Å². The Bertz CT molecular complexity index is 592. The second-order valence-electron chi connectivity index (χ2n) is 3.42. The molecule has 0 aliphatic heterocycles. The number of rotatable bonds is 1. The lowest BCUT2D eigenvalue weighted by atomic mass is 10.2. The highest BCUT2D eigenvalue weighted by Crippen LogP contribution is 2.21. The molecule has 0 aliphatic rings. The molecule has 0 radical (unpaired) electrons. The molecule has 3 rings (SSSR count). The lowest BCUT2D eigenvalue weighted by Crippen LogP contribution is -1.91. The topological polar surface area (TPSA) is 59.1 Å². The summed E-state index contributed by atoms with van der Waals surface area (Å²) in [5.41, 5.74) is 9.53. The average Bonchev–Trinajstić information content (AvgIpc) is 2.86. The number of pyridine rings is 1. The third-order valence-electron chi connectivity index (χ3n) is 2.43. The Balaban J connectivity index is 2.27. The van der Waals surface area contributed by atoms with Crippen molar-refractivity contribution in [3.05, 3.63) is 42.9 Å². The van der Waals surface area contributed by atoms with Gasteiger partial charge >= 0.3 is 0 Å². The van der Waals surface area contributed by atoms with Gasteiger partial charge in [-0.05, 0) is 24.3 Å². The molecular weight excluding hydrogens is 188 g/mol. The summed E-state index contributed by atoms with van der Waals surface area (Å²) in [4.78, 5) is 3.01. The number of nitrogens with one attached hydrogen (secondary N) is 1. The number of aromatic nitrogens is 3. The van der Waals surface area contributed by atoms with Crippen molar-refractivity contribution in [1.82, 2.24) is 14.6 Å². The van der Waals surface area contributed by atoms with Crippen LogP contribution in [0.1, 0.15) is 0 Å². The maximum Gasteiger partial charge on any atom is 0.0949 e. The first kappa shape index (κ1) is 8.11. The van der Waals surface area contributed by atoms with E-state index >= 15 is 0 Å². The maximum atomic E-state index is 5.85. The minimum absolute atomic E-state index is 0.742. The van der Waals surface area contributed by atoms with Gasteiger partial charge in [-0.25, -0.2) is 4.52 Å². The van der Waals surface area contributed by atoms with E-state index in [0.717, 1.165) is 22.5 Å². The van der Waals surface area contributed by atoms with Gasteiger partial charge in [-0.2, -0.15) is 5.10 Å². The summed E-state index contributed by atoms with van der Waals surface area (Å²) >= 11 is 0. The summed E-state index contributed by atoms with van der Waals surface area (Å²) in [6.07, 6.45) is 5.68. The van der Waals surface area contributed by atoms with Crippen molar-refractivity contribution in [2.45, 2.75) is 0 Å². The van der Waals surface area contributed by atoms with Crippen LogP contribution in [0, 0.1) is 0 Å². The predicted octanol–water partition coefficient (Wildman–Crippen LogP) is 1.91. The molecule has 0 atom stereocenters. The van der Waals surface area contributed by atoms with Gasteiger partial charge in [0, 0.05) is 24.2 Å². The first-order valence-electron chi connectivity index (χ1n) is 4.71. The summed E-state index contributed by atoms with van der Waals surface area (Å²) < 4.78 is 1.79. The van der Waals surface area contributed by atoms with Gasteiger partial charge in [-0.3, -0.25) is 0 Å². The maximum absolute atomic E-state index is 5.85. The second kappa shape index (κ2) is 2.88. The number of hydrogen-bond acceptors (Lipinski definition) is 2. The number of aromatic amines is 1. The van der Waals surface area contributed by atoms with E-state index in [0.29, 0.717) is 0 Å². The average molecular weight is 198 g/mol. The third-order valence-corrected chi connectivity index (χ3v) is 2.43. The van der Waals surface area contributed by atoms with Crippen LogP contribution in [0.4, 0.5) is 5.69 Å². The molecule has 0 saturated carbocycles. The second-order valence-corrected chi connectivity index (χ2v) is 3.42. The molecule has 3 aromatic rings. The zero-order valence-electron chi connectivity index (χ0n) is 8.01. The van der Waals surface area contributed by atoms with Crippen molar-refractivity contribution in [1.29, 1.82) is 0 Å². The molecule has 0 amide bonds. The molecule has 0 spiro atoms. The molecule has 0 aromatic carbocycles. The van der Waals surface area contributed by atoms with E-state index in [-0.39, 0.29) is 0 Å². The highest BCUT2D eigenvalue weighted by molar-refractivity contribution is 5.75. The van der Waals surface area contributed by atoms with Crippen LogP contribution in [0.5, 0.6) is 0 Å². The van der Waals surface area contributed by atoms with E-state index in [1.807, 2.05) is 42.9 Å². The fourth-order valence-electron chi connectivity index (χ4n) is 1.66. The molecular formula is C11H10N4. The molecule has 3 aromatic heterocycles. The standard InChI is InChI=1S/C11H10N4/c12-9-2-1-5-15-11(9)6-10(14-15)8-3-4-13-7-8/h1-7,13H,12H2. The first-order chi connectivity index (χ1) is 7.34. The molecule has 15 heavy (non-hydrogen) atoms. The number of nitrogens with two attached hydrogens (primary N) is 1. The molecule has 0 aliphatic carbocycles. The van der Waals surface area contributed by atoms with Crippen molar-refractivity contribution >= 4 is 11.2 Å². The first-order valence-corrected chi connectivity index (χ1v) is 4.71. The van der Waals surface area contributed by atoms with E-state index in [9.17, 15) is 0 Å². The van der Waals surface area contributed by atoms with Gasteiger partial charge in [0.1, 0.15) is 0 Å². The number of fused-ring (bicyclic) bond motifs is 1. The van der Waals surface area contributed by atoms with Crippen molar-refractivity contribution in [2.24, 2.45) is 0 Å². The van der Waals surface area contributed by atoms with Crippen LogP contribution in [-0.4, -0.2) is 14.6 Å². The molecule has 0 bridgehead atoms. The van der Waals surface area contributed by atoms with Gasteiger partial charge in [0.25, 0.3) is 0 Å². The van der Waals surface area contributed by atoms with Crippen molar-refractivity contribution < 1.29 is 0 Å². The van der Waals surface area contributed by atoms with Crippen molar-refractivity contribution in [2.75, 3.05) is 5.73 Å². The molecule has 3 N–H and O–H groups in total. The Morgan fingerprint density at radius 1 is 1.33 bits per heavy atom. The molecule has 4 heteroatoms. The van der Waals surface area contributed by atoms with Crippen LogP contribution in [0.2, 0.25) is 0 Å². The summed E-state index contributed by atoms with van der Waals surface area (Å²) in [7, 11) is 0. The van der Waals surface area contributed by atoms with Crippen LogP contribution >= 0.6 is 0 Å². The van der Waals surface area contributed by atoms with E-state index in [2.05, 4.69) is 10.1 Å². The summed E-state index contributed by atoms with van der Waals surface area (Å²) in [5.74, 6) is 0. The number of anilines is 1. The normalized spacial score (nSPS) is 10.9. The number of H-pyrrole nitrogens is 1. The number of nitrogen functional groups attached to an aromatic ring is 1. The van der Waals surface area contributed by atoms with E-state index in [1.54, 1.807) is 4.52 Å². The lowest BCUT2D eigenvalue weighted by molar-refractivity contribution is 0.967. The molecule has 3 heterocycles. The van der Waals surface area contributed by atoms with Crippen molar-refractivity contribution in [3.63, 3.8) is 0 Å². The van der Waals surface area contributed by atoms with Crippen LogP contribution < -0.4 is 5.73 Å². The highest BCUT2D eigenvalue weighted by Gasteiger charge is 2.05. The Morgan fingerprint density at radius 3 is 3.00 bits per heavy atom.